The third-order valence-electron chi connectivity index (χ3n) is 4.34. The van der Waals surface area contributed by atoms with Crippen molar-refractivity contribution in [2.24, 2.45) is 5.92 Å². The van der Waals surface area contributed by atoms with E-state index in [4.69, 9.17) is 9.47 Å². The van der Waals surface area contributed by atoms with Crippen molar-refractivity contribution in [2.45, 2.75) is 64.3 Å². The second-order valence-electron chi connectivity index (χ2n) is 5.97. The highest BCUT2D eigenvalue weighted by atomic mass is 16.5. The standard InChI is InChI=1S/C17H32N2O2/c1-3-5-11-20-13-14-21-12-8-16-7-6-9-17(16,15-18)19-10-4-2/h16,19H,3-14H2,1-2H3. The molecule has 0 aromatic rings. The smallest absolute Gasteiger partial charge is 0.109 e. The van der Waals surface area contributed by atoms with Gasteiger partial charge in [-0.15, -0.1) is 0 Å². The number of ether oxygens (including phenoxy) is 2. The van der Waals surface area contributed by atoms with Crippen LogP contribution in [0.2, 0.25) is 0 Å². The maximum absolute atomic E-state index is 9.56. The Labute approximate surface area is 130 Å². The molecule has 1 fully saturated rings. The molecule has 1 N–H and O–H groups in total. The number of nitrogens with one attached hydrogen (secondary N) is 1. The summed E-state index contributed by atoms with van der Waals surface area (Å²) in [5.41, 5.74) is -0.309. The fourth-order valence-corrected chi connectivity index (χ4v) is 3.03. The highest BCUT2D eigenvalue weighted by molar-refractivity contribution is 5.13. The van der Waals surface area contributed by atoms with Gasteiger partial charge in [-0.05, 0) is 44.6 Å². The van der Waals surface area contributed by atoms with Gasteiger partial charge >= 0.3 is 0 Å². The summed E-state index contributed by atoms with van der Waals surface area (Å²) >= 11 is 0. The molecule has 2 atom stereocenters. The fraction of sp³-hybridized carbons (Fsp3) is 0.941. The molecule has 0 heterocycles. The van der Waals surface area contributed by atoms with Crippen LogP contribution in [-0.2, 0) is 9.47 Å². The quantitative estimate of drug-likeness (QED) is 0.562. The first kappa shape index (κ1) is 18.4. The number of hydrogen-bond donors (Lipinski definition) is 1. The molecule has 0 saturated heterocycles. The summed E-state index contributed by atoms with van der Waals surface area (Å²) < 4.78 is 11.1. The molecule has 4 nitrogen and oxygen atoms in total. The summed E-state index contributed by atoms with van der Waals surface area (Å²) in [6.45, 7) is 8.15. The van der Waals surface area contributed by atoms with E-state index in [9.17, 15) is 5.26 Å². The van der Waals surface area contributed by atoms with Crippen LogP contribution < -0.4 is 5.32 Å². The zero-order valence-corrected chi connectivity index (χ0v) is 13.8. The van der Waals surface area contributed by atoms with Crippen molar-refractivity contribution in [1.29, 1.82) is 5.26 Å². The third-order valence-corrected chi connectivity index (χ3v) is 4.34. The lowest BCUT2D eigenvalue weighted by atomic mass is 9.86. The SMILES string of the molecule is CCCCOCCOCCC1CCCC1(C#N)NCCC. The molecule has 0 amide bonds. The third kappa shape index (κ3) is 6.34. The van der Waals surface area contributed by atoms with Crippen molar-refractivity contribution >= 4 is 0 Å². The Hall–Kier alpha value is -0.630. The Balaban J connectivity index is 2.16. The maximum atomic E-state index is 9.56. The van der Waals surface area contributed by atoms with Gasteiger partial charge in [0.15, 0.2) is 0 Å². The van der Waals surface area contributed by atoms with Gasteiger partial charge in [-0.3, -0.25) is 5.32 Å². The average molecular weight is 296 g/mol. The predicted octanol–water partition coefficient (Wildman–Crippen LogP) is 3.27. The van der Waals surface area contributed by atoms with Crippen LogP contribution in [0.15, 0.2) is 0 Å². The van der Waals surface area contributed by atoms with Gasteiger partial charge in [-0.25, -0.2) is 0 Å². The average Bonchev–Trinajstić information content (AvgIpc) is 2.91. The summed E-state index contributed by atoms with van der Waals surface area (Å²) in [5, 5.41) is 13.0. The first-order chi connectivity index (χ1) is 10.3. The highest BCUT2D eigenvalue weighted by Crippen LogP contribution is 2.37. The van der Waals surface area contributed by atoms with Crippen molar-refractivity contribution in [1.82, 2.24) is 5.32 Å². The van der Waals surface area contributed by atoms with Gasteiger partial charge < -0.3 is 9.47 Å². The monoisotopic (exact) mass is 296 g/mol. The molecule has 1 saturated carbocycles. The second kappa shape index (κ2) is 11.0. The van der Waals surface area contributed by atoms with Gasteiger partial charge in [-0.2, -0.15) is 5.26 Å². The Morgan fingerprint density at radius 1 is 1.14 bits per heavy atom. The van der Waals surface area contributed by atoms with Crippen LogP contribution >= 0.6 is 0 Å². The molecule has 0 spiro atoms. The molecule has 1 aliphatic rings. The lowest BCUT2D eigenvalue weighted by Gasteiger charge is -2.30. The van der Waals surface area contributed by atoms with Crippen molar-refractivity contribution in [3.63, 3.8) is 0 Å². The Kier molecular flexibility index (Phi) is 9.65. The summed E-state index contributed by atoms with van der Waals surface area (Å²) in [7, 11) is 0. The Bertz CT molecular complexity index is 304. The minimum atomic E-state index is -0.309. The van der Waals surface area contributed by atoms with Crippen LogP contribution in [0.1, 0.15) is 58.8 Å². The van der Waals surface area contributed by atoms with E-state index in [1.54, 1.807) is 0 Å². The van der Waals surface area contributed by atoms with Crippen molar-refractivity contribution in [2.75, 3.05) is 33.0 Å². The topological polar surface area (TPSA) is 54.3 Å². The van der Waals surface area contributed by atoms with E-state index < -0.39 is 0 Å². The van der Waals surface area contributed by atoms with Crippen LogP contribution in [0.4, 0.5) is 0 Å². The number of nitriles is 1. The molecule has 4 heteroatoms. The van der Waals surface area contributed by atoms with Gasteiger partial charge in [0.05, 0.1) is 19.3 Å². The van der Waals surface area contributed by atoms with E-state index in [0.29, 0.717) is 19.1 Å². The zero-order chi connectivity index (χ0) is 15.4. The molecule has 21 heavy (non-hydrogen) atoms. The molecule has 0 aromatic carbocycles. The van der Waals surface area contributed by atoms with Crippen LogP contribution in [0, 0.1) is 17.2 Å². The van der Waals surface area contributed by atoms with E-state index in [2.05, 4.69) is 25.2 Å². The highest BCUT2D eigenvalue weighted by Gasteiger charge is 2.42. The lowest BCUT2D eigenvalue weighted by Crippen LogP contribution is -2.47. The molecule has 0 bridgehead atoms. The molecule has 0 aromatic heterocycles. The lowest BCUT2D eigenvalue weighted by molar-refractivity contribution is 0.0396. The van der Waals surface area contributed by atoms with E-state index in [1.807, 2.05) is 0 Å². The van der Waals surface area contributed by atoms with E-state index in [0.717, 1.165) is 58.3 Å². The molecule has 2 unspecified atom stereocenters. The molecule has 0 radical (unpaired) electrons. The zero-order valence-electron chi connectivity index (χ0n) is 13.8. The van der Waals surface area contributed by atoms with Crippen molar-refractivity contribution in [3.8, 4) is 6.07 Å². The largest absolute Gasteiger partial charge is 0.379 e. The number of hydrogen-bond acceptors (Lipinski definition) is 4. The van der Waals surface area contributed by atoms with E-state index in [-0.39, 0.29) is 5.54 Å². The Morgan fingerprint density at radius 3 is 2.57 bits per heavy atom. The molecule has 1 rings (SSSR count). The Morgan fingerprint density at radius 2 is 1.90 bits per heavy atom. The number of unbranched alkanes of at least 4 members (excludes halogenated alkanes) is 1. The fourth-order valence-electron chi connectivity index (χ4n) is 3.03. The summed E-state index contributed by atoms with van der Waals surface area (Å²) in [4.78, 5) is 0. The van der Waals surface area contributed by atoms with E-state index >= 15 is 0 Å². The van der Waals surface area contributed by atoms with Crippen LogP contribution in [0.25, 0.3) is 0 Å². The molecule has 1 aliphatic carbocycles. The minimum absolute atomic E-state index is 0.309. The molecule has 0 aliphatic heterocycles. The van der Waals surface area contributed by atoms with Gasteiger partial charge in [0.2, 0.25) is 0 Å². The minimum Gasteiger partial charge on any atom is -0.379 e. The summed E-state index contributed by atoms with van der Waals surface area (Å²) in [5.74, 6) is 0.426. The predicted molar refractivity (Wildman–Crippen MR) is 85.1 cm³/mol. The van der Waals surface area contributed by atoms with Crippen molar-refractivity contribution < 1.29 is 9.47 Å². The second-order valence-corrected chi connectivity index (χ2v) is 5.97. The van der Waals surface area contributed by atoms with Gasteiger partial charge in [0, 0.05) is 13.2 Å². The first-order valence-electron chi connectivity index (χ1n) is 8.60. The van der Waals surface area contributed by atoms with Crippen LogP contribution in [0.3, 0.4) is 0 Å². The molecule has 122 valence electrons. The van der Waals surface area contributed by atoms with Crippen LogP contribution in [0.5, 0.6) is 0 Å². The summed E-state index contributed by atoms with van der Waals surface area (Å²) in [6.07, 6.45) is 7.60. The van der Waals surface area contributed by atoms with Gasteiger partial charge in [0.1, 0.15) is 5.54 Å². The van der Waals surface area contributed by atoms with Crippen LogP contribution in [-0.4, -0.2) is 38.5 Å². The number of rotatable bonds is 12. The summed E-state index contributed by atoms with van der Waals surface area (Å²) in [6, 6.07) is 2.55. The van der Waals surface area contributed by atoms with Crippen molar-refractivity contribution in [3.05, 3.63) is 0 Å². The molecular weight excluding hydrogens is 264 g/mol. The van der Waals surface area contributed by atoms with Gasteiger partial charge in [-0.1, -0.05) is 26.7 Å². The molecular formula is C17H32N2O2. The normalized spacial score (nSPS) is 25.1. The van der Waals surface area contributed by atoms with Gasteiger partial charge in [0.25, 0.3) is 0 Å². The first-order valence-corrected chi connectivity index (χ1v) is 8.60. The van der Waals surface area contributed by atoms with E-state index in [1.165, 1.54) is 6.42 Å². The maximum Gasteiger partial charge on any atom is 0.109 e. The number of nitrogens with zero attached hydrogens (tertiary/aromatic N) is 1.